The average Bonchev–Trinajstić information content (AvgIpc) is 2.86. The SMILES string of the molecule is Cc1cc(CS(=O)(=O)Nc2cnn(CC(=O)O)c2)no1. The molecule has 2 heterocycles. The Morgan fingerprint density at radius 2 is 2.30 bits per heavy atom. The van der Waals surface area contributed by atoms with Gasteiger partial charge in [-0.05, 0) is 6.92 Å². The largest absolute Gasteiger partial charge is 0.480 e. The molecule has 0 fully saturated rings. The molecule has 0 spiro atoms. The van der Waals surface area contributed by atoms with Gasteiger partial charge in [-0.25, -0.2) is 8.42 Å². The minimum absolute atomic E-state index is 0.187. The molecule has 0 saturated heterocycles. The minimum atomic E-state index is -3.66. The van der Waals surface area contributed by atoms with Gasteiger partial charge in [0.25, 0.3) is 0 Å². The lowest BCUT2D eigenvalue weighted by molar-refractivity contribution is -0.137. The van der Waals surface area contributed by atoms with Crippen LogP contribution in [-0.4, -0.2) is 34.4 Å². The van der Waals surface area contributed by atoms with Gasteiger partial charge in [0.1, 0.15) is 23.8 Å². The molecule has 2 aromatic heterocycles. The topological polar surface area (TPSA) is 127 Å². The third-order valence-corrected chi connectivity index (χ3v) is 3.44. The number of carbonyl (C=O) groups is 1. The first-order valence-electron chi connectivity index (χ1n) is 5.51. The van der Waals surface area contributed by atoms with Crippen LogP contribution >= 0.6 is 0 Å². The Hall–Kier alpha value is -2.36. The highest BCUT2D eigenvalue weighted by Gasteiger charge is 2.16. The van der Waals surface area contributed by atoms with Crippen molar-refractivity contribution in [2.24, 2.45) is 0 Å². The molecule has 0 aliphatic rings. The van der Waals surface area contributed by atoms with Crippen molar-refractivity contribution in [3.63, 3.8) is 0 Å². The second-order valence-corrected chi connectivity index (χ2v) is 5.83. The third-order valence-electron chi connectivity index (χ3n) is 2.22. The molecule has 0 radical (unpaired) electrons. The molecule has 0 atom stereocenters. The van der Waals surface area contributed by atoms with Gasteiger partial charge < -0.3 is 9.63 Å². The zero-order chi connectivity index (χ0) is 14.8. The molecule has 0 aliphatic carbocycles. The molecule has 20 heavy (non-hydrogen) atoms. The highest BCUT2D eigenvalue weighted by molar-refractivity contribution is 7.91. The number of rotatable bonds is 6. The molecule has 108 valence electrons. The first-order chi connectivity index (χ1) is 9.34. The van der Waals surface area contributed by atoms with E-state index in [1.165, 1.54) is 18.5 Å². The Bertz CT molecular complexity index is 718. The van der Waals surface area contributed by atoms with Crippen molar-refractivity contribution in [1.82, 2.24) is 14.9 Å². The Balaban J connectivity index is 2.04. The first kappa shape index (κ1) is 14.1. The normalized spacial score (nSPS) is 11.4. The van der Waals surface area contributed by atoms with E-state index in [0.717, 1.165) is 4.68 Å². The molecular weight excluding hydrogens is 288 g/mol. The highest BCUT2D eigenvalue weighted by atomic mass is 32.2. The van der Waals surface area contributed by atoms with E-state index in [1.807, 2.05) is 0 Å². The number of nitrogens with zero attached hydrogens (tertiary/aromatic N) is 3. The van der Waals surface area contributed by atoms with Crippen LogP contribution in [0.25, 0.3) is 0 Å². The van der Waals surface area contributed by atoms with E-state index < -0.39 is 16.0 Å². The average molecular weight is 300 g/mol. The van der Waals surface area contributed by atoms with Gasteiger partial charge in [0.2, 0.25) is 10.0 Å². The number of aromatic nitrogens is 3. The third kappa shape index (κ3) is 3.82. The molecule has 9 nitrogen and oxygen atoms in total. The van der Waals surface area contributed by atoms with Crippen molar-refractivity contribution < 1.29 is 22.8 Å². The summed E-state index contributed by atoms with van der Waals surface area (Å²) in [5, 5.41) is 15.9. The fraction of sp³-hybridized carbons (Fsp3) is 0.300. The van der Waals surface area contributed by atoms with E-state index in [2.05, 4.69) is 15.0 Å². The van der Waals surface area contributed by atoms with Crippen molar-refractivity contribution >= 4 is 21.7 Å². The summed E-state index contributed by atoms with van der Waals surface area (Å²) in [6, 6.07) is 1.52. The molecule has 2 N–H and O–H groups in total. The molecule has 10 heteroatoms. The molecule has 0 aliphatic heterocycles. The Morgan fingerprint density at radius 1 is 1.55 bits per heavy atom. The number of hydrogen-bond donors (Lipinski definition) is 2. The zero-order valence-corrected chi connectivity index (χ0v) is 11.3. The molecule has 0 amide bonds. The summed E-state index contributed by atoms with van der Waals surface area (Å²) in [7, 11) is -3.66. The van der Waals surface area contributed by atoms with Crippen LogP contribution in [0.5, 0.6) is 0 Å². The van der Waals surface area contributed by atoms with Crippen LogP contribution < -0.4 is 4.72 Å². The highest BCUT2D eigenvalue weighted by Crippen LogP contribution is 2.12. The number of nitrogens with one attached hydrogen (secondary N) is 1. The summed E-state index contributed by atoms with van der Waals surface area (Å²) in [6.45, 7) is 1.32. The molecular formula is C10H12N4O5S. The van der Waals surface area contributed by atoms with Gasteiger partial charge in [-0.1, -0.05) is 5.16 Å². The lowest BCUT2D eigenvalue weighted by Gasteiger charge is -2.02. The molecule has 2 aromatic rings. The number of aliphatic carboxylic acids is 1. The second kappa shape index (κ2) is 5.33. The van der Waals surface area contributed by atoms with Gasteiger partial charge >= 0.3 is 5.97 Å². The standard InChI is InChI=1S/C10H12N4O5S/c1-7-2-8(12-19-7)6-20(17,18)13-9-3-11-14(4-9)5-10(15)16/h2-4,13H,5-6H2,1H3,(H,15,16). The van der Waals surface area contributed by atoms with E-state index in [-0.39, 0.29) is 23.7 Å². The van der Waals surface area contributed by atoms with Crippen LogP contribution in [0.15, 0.2) is 23.0 Å². The van der Waals surface area contributed by atoms with Crippen LogP contribution in [0.4, 0.5) is 5.69 Å². The van der Waals surface area contributed by atoms with Crippen molar-refractivity contribution in [1.29, 1.82) is 0 Å². The van der Waals surface area contributed by atoms with Crippen LogP contribution in [0.1, 0.15) is 11.5 Å². The van der Waals surface area contributed by atoms with Gasteiger partial charge in [-0.2, -0.15) is 5.10 Å². The van der Waals surface area contributed by atoms with Crippen molar-refractivity contribution in [2.75, 3.05) is 4.72 Å². The summed E-state index contributed by atoms with van der Waals surface area (Å²) < 4.78 is 31.9. The van der Waals surface area contributed by atoms with Gasteiger partial charge in [0.05, 0.1) is 11.9 Å². The van der Waals surface area contributed by atoms with Gasteiger partial charge in [-0.15, -0.1) is 0 Å². The fourth-order valence-electron chi connectivity index (χ4n) is 1.54. The maximum Gasteiger partial charge on any atom is 0.325 e. The van der Waals surface area contributed by atoms with E-state index in [0.29, 0.717) is 5.76 Å². The lowest BCUT2D eigenvalue weighted by atomic mass is 10.4. The molecule has 2 rings (SSSR count). The number of hydrogen-bond acceptors (Lipinski definition) is 6. The number of aryl methyl sites for hydroxylation is 1. The summed E-state index contributed by atoms with van der Waals surface area (Å²) >= 11 is 0. The maximum atomic E-state index is 11.9. The summed E-state index contributed by atoms with van der Waals surface area (Å²) in [5.41, 5.74) is 0.472. The predicted molar refractivity (Wildman–Crippen MR) is 67.3 cm³/mol. The molecule has 0 unspecified atom stereocenters. The number of sulfonamides is 1. The van der Waals surface area contributed by atoms with E-state index >= 15 is 0 Å². The van der Waals surface area contributed by atoms with Crippen molar-refractivity contribution in [3.05, 3.63) is 29.9 Å². The first-order valence-corrected chi connectivity index (χ1v) is 7.16. The molecule has 0 aromatic carbocycles. The van der Waals surface area contributed by atoms with E-state index in [1.54, 1.807) is 6.92 Å². The smallest absolute Gasteiger partial charge is 0.325 e. The number of anilines is 1. The Labute approximate surface area is 114 Å². The molecule has 0 saturated carbocycles. The Kier molecular flexibility index (Phi) is 3.74. The quantitative estimate of drug-likeness (QED) is 0.780. The maximum absolute atomic E-state index is 11.9. The van der Waals surface area contributed by atoms with Crippen LogP contribution in [0.3, 0.4) is 0 Å². The lowest BCUT2D eigenvalue weighted by Crippen LogP contribution is -2.15. The summed E-state index contributed by atoms with van der Waals surface area (Å²) in [5.74, 6) is -0.890. The van der Waals surface area contributed by atoms with Gasteiger partial charge in [0.15, 0.2) is 0 Å². The minimum Gasteiger partial charge on any atom is -0.480 e. The zero-order valence-electron chi connectivity index (χ0n) is 10.5. The van der Waals surface area contributed by atoms with Gasteiger partial charge in [0, 0.05) is 12.3 Å². The number of carboxylic acid groups (broad SMARTS) is 1. The monoisotopic (exact) mass is 300 g/mol. The van der Waals surface area contributed by atoms with Crippen LogP contribution in [-0.2, 0) is 27.1 Å². The van der Waals surface area contributed by atoms with Crippen molar-refractivity contribution in [3.8, 4) is 0 Å². The van der Waals surface area contributed by atoms with E-state index in [9.17, 15) is 13.2 Å². The Morgan fingerprint density at radius 3 is 2.90 bits per heavy atom. The van der Waals surface area contributed by atoms with Crippen molar-refractivity contribution in [2.45, 2.75) is 19.2 Å². The van der Waals surface area contributed by atoms with Crippen LogP contribution in [0, 0.1) is 6.92 Å². The fourth-order valence-corrected chi connectivity index (χ4v) is 2.60. The molecule has 0 bridgehead atoms. The summed E-state index contributed by atoms with van der Waals surface area (Å²) in [4.78, 5) is 10.5. The second-order valence-electron chi connectivity index (χ2n) is 4.11. The number of carboxylic acids is 1. The predicted octanol–water partition coefficient (Wildman–Crippen LogP) is 0.206. The van der Waals surface area contributed by atoms with Gasteiger partial charge in [-0.3, -0.25) is 14.2 Å². The van der Waals surface area contributed by atoms with Crippen LogP contribution in [0.2, 0.25) is 0 Å². The van der Waals surface area contributed by atoms with E-state index in [4.69, 9.17) is 9.63 Å². The summed E-state index contributed by atoms with van der Waals surface area (Å²) in [6.07, 6.45) is 2.52.